The van der Waals surface area contributed by atoms with E-state index in [0.717, 1.165) is 44.6 Å². The second kappa shape index (κ2) is 14.7. The van der Waals surface area contributed by atoms with E-state index in [2.05, 4.69) is 20.4 Å². The van der Waals surface area contributed by atoms with Crippen LogP contribution in [-0.4, -0.2) is 61.6 Å². The average molecular weight is 654 g/mol. The van der Waals surface area contributed by atoms with E-state index in [1.54, 1.807) is 18.2 Å². The fourth-order valence-electron chi connectivity index (χ4n) is 5.81. The smallest absolute Gasteiger partial charge is 0.337 e. The van der Waals surface area contributed by atoms with Gasteiger partial charge >= 0.3 is 18.4 Å². The third-order valence-corrected chi connectivity index (χ3v) is 8.97. The molecule has 2 aliphatic rings. The molecule has 0 aliphatic carbocycles. The first kappa shape index (κ1) is 33.7. The van der Waals surface area contributed by atoms with Crippen molar-refractivity contribution in [3.05, 3.63) is 63.1 Å². The third-order valence-electron chi connectivity index (χ3n) is 8.24. The van der Waals surface area contributed by atoms with E-state index in [-0.39, 0.29) is 18.5 Å². The number of piperidine rings is 2. The van der Waals surface area contributed by atoms with Crippen molar-refractivity contribution in [2.75, 3.05) is 51.1 Å². The minimum Gasteiger partial charge on any atom is -0.337 e. The van der Waals surface area contributed by atoms with Crippen molar-refractivity contribution >= 4 is 34.9 Å². The van der Waals surface area contributed by atoms with Gasteiger partial charge in [0.1, 0.15) is 0 Å². The number of halogens is 8. The Morgan fingerprint density at radius 3 is 2.05 bits per heavy atom. The molecule has 4 rings (SSSR count). The molecule has 43 heavy (non-hydrogen) atoms. The molecule has 0 spiro atoms. The lowest BCUT2D eigenvalue weighted by molar-refractivity contribution is -0.143. The van der Waals surface area contributed by atoms with Gasteiger partial charge in [-0.05, 0) is 107 Å². The van der Waals surface area contributed by atoms with Gasteiger partial charge in [0.15, 0.2) is 0 Å². The van der Waals surface area contributed by atoms with Crippen LogP contribution in [0.3, 0.4) is 0 Å². The number of amides is 2. The second-order valence-electron chi connectivity index (χ2n) is 11.4. The van der Waals surface area contributed by atoms with Crippen LogP contribution in [0.4, 0.5) is 36.8 Å². The maximum Gasteiger partial charge on any atom is 0.416 e. The standard InChI is InChI=1S/C30H36Cl2F6N4O/c31-26-5-4-21(14-27(26)32)22(8-13-41-11-6-20(7-12-41)19-42-9-2-1-3-10-42)18-39-28(43)40-25-16-23(29(33,34)35)15-24(17-25)30(36,37)38/h4-5,14-17,20,22H,1-3,6-13,18-19H2,(H2,39,40,43). The first-order valence-corrected chi connectivity index (χ1v) is 15.3. The summed E-state index contributed by atoms with van der Waals surface area (Å²) in [7, 11) is 0. The highest BCUT2D eigenvalue weighted by Gasteiger charge is 2.37. The van der Waals surface area contributed by atoms with E-state index >= 15 is 0 Å². The molecule has 2 saturated heterocycles. The van der Waals surface area contributed by atoms with Crippen molar-refractivity contribution in [2.24, 2.45) is 5.92 Å². The number of benzene rings is 2. The predicted molar refractivity (Wildman–Crippen MR) is 157 cm³/mol. The van der Waals surface area contributed by atoms with E-state index in [0.29, 0.717) is 34.5 Å². The molecule has 2 amide bonds. The predicted octanol–water partition coefficient (Wildman–Crippen LogP) is 8.52. The van der Waals surface area contributed by atoms with Crippen LogP contribution < -0.4 is 10.6 Å². The third kappa shape index (κ3) is 10.2. The molecule has 0 aromatic heterocycles. The Kier molecular flexibility index (Phi) is 11.5. The fourth-order valence-corrected chi connectivity index (χ4v) is 6.12. The fraction of sp³-hybridized carbons (Fsp3) is 0.567. The molecule has 2 fully saturated rings. The highest BCUT2D eigenvalue weighted by molar-refractivity contribution is 6.42. The van der Waals surface area contributed by atoms with E-state index in [1.165, 1.54) is 32.4 Å². The summed E-state index contributed by atoms with van der Waals surface area (Å²) in [6.07, 6.45) is -3.29. The van der Waals surface area contributed by atoms with Gasteiger partial charge in [-0.1, -0.05) is 35.7 Å². The number of hydrogen-bond donors (Lipinski definition) is 2. The van der Waals surface area contributed by atoms with Crippen LogP contribution >= 0.6 is 23.2 Å². The lowest BCUT2D eigenvalue weighted by Gasteiger charge is -2.36. The number of carbonyl (C=O) groups is 1. The molecular weight excluding hydrogens is 617 g/mol. The topological polar surface area (TPSA) is 47.6 Å². The summed E-state index contributed by atoms with van der Waals surface area (Å²) in [5.74, 6) is 0.457. The van der Waals surface area contributed by atoms with Crippen molar-refractivity contribution in [3.8, 4) is 0 Å². The van der Waals surface area contributed by atoms with Crippen molar-refractivity contribution in [3.63, 3.8) is 0 Å². The van der Waals surface area contributed by atoms with Gasteiger partial charge in [-0.3, -0.25) is 0 Å². The minimum absolute atomic E-state index is 0.0138. The number of anilines is 1. The Morgan fingerprint density at radius 1 is 0.837 bits per heavy atom. The Labute approximate surface area is 257 Å². The normalized spacial score (nSPS) is 18.4. The molecule has 1 atom stereocenters. The number of hydrogen-bond acceptors (Lipinski definition) is 3. The molecule has 2 aromatic rings. The summed E-state index contributed by atoms with van der Waals surface area (Å²) in [6, 6.07) is 5.20. The summed E-state index contributed by atoms with van der Waals surface area (Å²) in [4.78, 5) is 17.6. The number of rotatable bonds is 9. The zero-order chi connectivity index (χ0) is 31.2. The van der Waals surface area contributed by atoms with Gasteiger partial charge in [0.05, 0.1) is 21.2 Å². The van der Waals surface area contributed by atoms with Crippen LogP contribution in [0.15, 0.2) is 36.4 Å². The first-order chi connectivity index (χ1) is 20.3. The van der Waals surface area contributed by atoms with Crippen molar-refractivity contribution < 1.29 is 31.1 Å². The second-order valence-corrected chi connectivity index (χ2v) is 12.2. The maximum atomic E-state index is 13.2. The molecule has 238 valence electrons. The zero-order valence-corrected chi connectivity index (χ0v) is 25.1. The molecule has 2 aliphatic heterocycles. The Morgan fingerprint density at radius 2 is 1.47 bits per heavy atom. The van der Waals surface area contributed by atoms with Crippen LogP contribution in [0.25, 0.3) is 0 Å². The summed E-state index contributed by atoms with van der Waals surface area (Å²) in [5.41, 5.74) is -2.82. The number of likely N-dealkylation sites (tertiary alicyclic amines) is 2. The monoisotopic (exact) mass is 652 g/mol. The lowest BCUT2D eigenvalue weighted by Crippen LogP contribution is -2.41. The number of alkyl halides is 6. The van der Waals surface area contributed by atoms with Gasteiger partial charge in [0.2, 0.25) is 0 Å². The average Bonchev–Trinajstić information content (AvgIpc) is 2.95. The minimum atomic E-state index is -5.02. The van der Waals surface area contributed by atoms with E-state index < -0.39 is 35.2 Å². The van der Waals surface area contributed by atoms with Crippen LogP contribution in [0, 0.1) is 5.92 Å². The number of urea groups is 1. The molecular formula is C30H36Cl2F6N4O. The molecule has 2 aromatic carbocycles. The molecule has 2 heterocycles. The Hall–Kier alpha value is -2.21. The molecule has 0 radical (unpaired) electrons. The van der Waals surface area contributed by atoms with Gasteiger partial charge in [-0.2, -0.15) is 26.3 Å². The van der Waals surface area contributed by atoms with Gasteiger partial charge in [-0.15, -0.1) is 0 Å². The number of nitrogens with zero attached hydrogens (tertiary/aromatic N) is 2. The van der Waals surface area contributed by atoms with Crippen molar-refractivity contribution in [1.82, 2.24) is 15.1 Å². The highest BCUT2D eigenvalue weighted by Crippen LogP contribution is 2.37. The van der Waals surface area contributed by atoms with Crippen molar-refractivity contribution in [1.29, 1.82) is 0 Å². The lowest BCUT2D eigenvalue weighted by atomic mass is 9.93. The summed E-state index contributed by atoms with van der Waals surface area (Å²) in [5, 5.41) is 5.45. The summed E-state index contributed by atoms with van der Waals surface area (Å²) >= 11 is 12.3. The van der Waals surface area contributed by atoms with E-state index in [9.17, 15) is 31.1 Å². The van der Waals surface area contributed by atoms with E-state index in [4.69, 9.17) is 23.2 Å². The highest BCUT2D eigenvalue weighted by atomic mass is 35.5. The number of nitrogens with one attached hydrogen (secondary N) is 2. The molecule has 1 unspecified atom stereocenters. The van der Waals surface area contributed by atoms with Gasteiger partial charge in [0, 0.05) is 24.7 Å². The van der Waals surface area contributed by atoms with Crippen molar-refractivity contribution in [2.45, 2.75) is 56.8 Å². The molecule has 0 bridgehead atoms. The maximum absolute atomic E-state index is 13.2. The molecule has 13 heteroatoms. The van der Waals surface area contributed by atoms with Gasteiger partial charge in [0.25, 0.3) is 0 Å². The van der Waals surface area contributed by atoms with E-state index in [1.807, 2.05) is 0 Å². The number of carbonyl (C=O) groups excluding carboxylic acids is 1. The SMILES string of the molecule is O=C(NCC(CCN1CCC(CN2CCCCC2)CC1)c1ccc(Cl)c(Cl)c1)Nc1cc(C(F)(F)F)cc(C(F)(F)F)c1. The molecule has 0 saturated carbocycles. The quantitative estimate of drug-likeness (QED) is 0.267. The Balaban J connectivity index is 1.36. The van der Waals surface area contributed by atoms with Gasteiger partial charge < -0.3 is 20.4 Å². The van der Waals surface area contributed by atoms with Crippen LogP contribution in [0.5, 0.6) is 0 Å². The zero-order valence-electron chi connectivity index (χ0n) is 23.6. The molecule has 2 N–H and O–H groups in total. The Bertz CT molecular complexity index is 1200. The largest absolute Gasteiger partial charge is 0.416 e. The van der Waals surface area contributed by atoms with Crippen LogP contribution in [-0.2, 0) is 12.4 Å². The van der Waals surface area contributed by atoms with Gasteiger partial charge in [-0.25, -0.2) is 4.79 Å². The summed E-state index contributed by atoms with van der Waals surface area (Å²) < 4.78 is 79.3. The van der Waals surface area contributed by atoms with Crippen LogP contribution in [0.1, 0.15) is 61.1 Å². The first-order valence-electron chi connectivity index (χ1n) is 14.5. The molecule has 5 nitrogen and oxygen atoms in total. The van der Waals surface area contributed by atoms with Crippen LogP contribution in [0.2, 0.25) is 10.0 Å². The summed E-state index contributed by atoms with van der Waals surface area (Å²) in [6.45, 7) is 6.30.